The molecule has 100 valence electrons. The molecular weight excluding hydrogens is 262 g/mol. The first kappa shape index (κ1) is 12.3. The number of carbonyl (C=O) groups excluding carboxylic acids is 1. The van der Waals surface area contributed by atoms with Gasteiger partial charge in [-0.15, -0.1) is 21.5 Å². The fourth-order valence-corrected chi connectivity index (χ4v) is 3.29. The Bertz CT molecular complexity index is 617. The predicted molar refractivity (Wildman–Crippen MR) is 71.9 cm³/mol. The maximum absolute atomic E-state index is 11.6. The molecule has 19 heavy (non-hydrogen) atoms. The lowest BCUT2D eigenvalue weighted by Gasteiger charge is -2.21. The van der Waals surface area contributed by atoms with Crippen LogP contribution in [0.1, 0.15) is 17.1 Å². The Morgan fingerprint density at radius 2 is 2.32 bits per heavy atom. The zero-order valence-electron chi connectivity index (χ0n) is 10.9. The molecule has 3 rings (SSSR count). The van der Waals surface area contributed by atoms with Crippen LogP contribution in [0.15, 0.2) is 12.1 Å². The van der Waals surface area contributed by atoms with Gasteiger partial charge in [-0.05, 0) is 25.5 Å². The number of carbonyl (C=O) groups is 1. The van der Waals surface area contributed by atoms with Crippen molar-refractivity contribution < 1.29 is 9.53 Å². The van der Waals surface area contributed by atoms with Crippen LogP contribution in [-0.4, -0.2) is 27.8 Å². The van der Waals surface area contributed by atoms with E-state index < -0.39 is 0 Å². The standard InChI is InChI=1S/C13H15N3O2S/c1-8-3-4-10(19-8)12-15-14-11-7-9(13(17)18-2)5-6-16(11)12/h3-4,9H,5-7H2,1-2H3. The van der Waals surface area contributed by atoms with E-state index in [0.29, 0.717) is 6.42 Å². The summed E-state index contributed by atoms with van der Waals surface area (Å²) in [6.07, 6.45) is 1.40. The summed E-state index contributed by atoms with van der Waals surface area (Å²) < 4.78 is 6.92. The normalized spacial score (nSPS) is 18.1. The molecule has 0 spiro atoms. The first-order chi connectivity index (χ1) is 9.19. The van der Waals surface area contributed by atoms with Crippen molar-refractivity contribution >= 4 is 17.3 Å². The summed E-state index contributed by atoms with van der Waals surface area (Å²) >= 11 is 1.71. The van der Waals surface area contributed by atoms with Crippen molar-refractivity contribution in [1.29, 1.82) is 0 Å². The van der Waals surface area contributed by atoms with Gasteiger partial charge in [-0.2, -0.15) is 0 Å². The molecular formula is C13H15N3O2S. The molecule has 0 N–H and O–H groups in total. The largest absolute Gasteiger partial charge is 0.469 e. The van der Waals surface area contributed by atoms with Gasteiger partial charge in [0.1, 0.15) is 5.82 Å². The number of nitrogens with zero attached hydrogens (tertiary/aromatic N) is 3. The number of thiophene rings is 1. The molecule has 1 aliphatic rings. The Hall–Kier alpha value is -1.69. The molecule has 0 fully saturated rings. The van der Waals surface area contributed by atoms with Crippen molar-refractivity contribution in [2.75, 3.05) is 7.11 Å². The molecule has 0 amide bonds. The van der Waals surface area contributed by atoms with Crippen molar-refractivity contribution in [3.8, 4) is 10.7 Å². The monoisotopic (exact) mass is 277 g/mol. The van der Waals surface area contributed by atoms with Crippen LogP contribution in [0.3, 0.4) is 0 Å². The highest BCUT2D eigenvalue weighted by molar-refractivity contribution is 7.15. The minimum atomic E-state index is -0.150. The second kappa shape index (κ2) is 4.77. The van der Waals surface area contributed by atoms with E-state index in [1.165, 1.54) is 12.0 Å². The summed E-state index contributed by atoms with van der Waals surface area (Å²) in [5.74, 6) is 1.56. The minimum absolute atomic E-state index is 0.0837. The van der Waals surface area contributed by atoms with Crippen LogP contribution in [0.4, 0.5) is 0 Å². The molecule has 1 aliphatic heterocycles. The van der Waals surface area contributed by atoms with Gasteiger partial charge in [0, 0.05) is 17.8 Å². The number of ether oxygens (including phenoxy) is 1. The van der Waals surface area contributed by atoms with E-state index in [9.17, 15) is 4.79 Å². The van der Waals surface area contributed by atoms with E-state index in [-0.39, 0.29) is 11.9 Å². The maximum atomic E-state index is 11.6. The zero-order valence-corrected chi connectivity index (χ0v) is 11.7. The van der Waals surface area contributed by atoms with E-state index in [1.54, 1.807) is 11.3 Å². The first-order valence-electron chi connectivity index (χ1n) is 6.25. The van der Waals surface area contributed by atoms with Crippen LogP contribution in [0, 0.1) is 12.8 Å². The first-order valence-corrected chi connectivity index (χ1v) is 7.07. The SMILES string of the molecule is COC(=O)C1CCn2c(nnc2-c2ccc(C)s2)C1. The number of rotatable bonds is 2. The molecule has 6 heteroatoms. The van der Waals surface area contributed by atoms with Gasteiger partial charge < -0.3 is 9.30 Å². The molecule has 1 unspecified atom stereocenters. The number of methoxy groups -OCH3 is 1. The van der Waals surface area contributed by atoms with Crippen LogP contribution >= 0.6 is 11.3 Å². The molecule has 2 aromatic rings. The predicted octanol–water partition coefficient (Wildman–Crippen LogP) is 2.05. The summed E-state index contributed by atoms with van der Waals surface area (Å²) in [6.45, 7) is 2.85. The molecule has 1 atom stereocenters. The molecule has 2 aromatic heterocycles. The molecule has 5 nitrogen and oxygen atoms in total. The average molecular weight is 277 g/mol. The second-order valence-electron chi connectivity index (χ2n) is 4.71. The van der Waals surface area contributed by atoms with Gasteiger partial charge in [0.25, 0.3) is 0 Å². The number of aryl methyl sites for hydroxylation is 1. The Morgan fingerprint density at radius 1 is 1.47 bits per heavy atom. The summed E-state index contributed by atoms with van der Waals surface area (Å²) in [7, 11) is 1.43. The number of hydrogen-bond acceptors (Lipinski definition) is 5. The van der Waals surface area contributed by atoms with E-state index in [1.807, 2.05) is 0 Å². The average Bonchev–Trinajstić information content (AvgIpc) is 3.02. The molecule has 3 heterocycles. The van der Waals surface area contributed by atoms with Crippen LogP contribution in [-0.2, 0) is 22.5 Å². The smallest absolute Gasteiger partial charge is 0.309 e. The lowest BCUT2D eigenvalue weighted by molar-refractivity contribution is -0.146. The second-order valence-corrected chi connectivity index (χ2v) is 6.00. The van der Waals surface area contributed by atoms with Gasteiger partial charge in [-0.3, -0.25) is 4.79 Å². The summed E-state index contributed by atoms with van der Waals surface area (Å²) in [6, 6.07) is 4.16. The van der Waals surface area contributed by atoms with E-state index in [4.69, 9.17) is 4.74 Å². The fraction of sp³-hybridized carbons (Fsp3) is 0.462. The van der Waals surface area contributed by atoms with E-state index in [0.717, 1.165) is 29.5 Å². The van der Waals surface area contributed by atoms with Gasteiger partial charge in [-0.1, -0.05) is 0 Å². The van der Waals surface area contributed by atoms with Crippen LogP contribution in [0.5, 0.6) is 0 Å². The molecule has 0 aliphatic carbocycles. The third-order valence-corrected chi connectivity index (χ3v) is 4.45. The molecule has 0 aromatic carbocycles. The number of esters is 1. The molecule has 0 bridgehead atoms. The Labute approximate surface area is 115 Å². The van der Waals surface area contributed by atoms with Gasteiger partial charge in [0.2, 0.25) is 0 Å². The van der Waals surface area contributed by atoms with Crippen molar-refractivity contribution in [3.05, 3.63) is 22.8 Å². The summed E-state index contributed by atoms with van der Waals surface area (Å²) in [4.78, 5) is 14.0. The van der Waals surface area contributed by atoms with Crippen LogP contribution in [0.25, 0.3) is 10.7 Å². The summed E-state index contributed by atoms with van der Waals surface area (Å²) in [5.41, 5.74) is 0. The van der Waals surface area contributed by atoms with Gasteiger partial charge in [-0.25, -0.2) is 0 Å². The van der Waals surface area contributed by atoms with Crippen molar-refractivity contribution in [2.24, 2.45) is 5.92 Å². The van der Waals surface area contributed by atoms with E-state index >= 15 is 0 Å². The Kier molecular flexibility index (Phi) is 3.10. The van der Waals surface area contributed by atoms with Crippen molar-refractivity contribution in [3.63, 3.8) is 0 Å². The highest BCUT2D eigenvalue weighted by Gasteiger charge is 2.28. The highest BCUT2D eigenvalue weighted by Crippen LogP contribution is 2.30. The minimum Gasteiger partial charge on any atom is -0.469 e. The lowest BCUT2D eigenvalue weighted by Crippen LogP contribution is -2.27. The number of fused-ring (bicyclic) bond motifs is 1. The quantitative estimate of drug-likeness (QED) is 0.788. The third kappa shape index (κ3) is 2.16. The van der Waals surface area contributed by atoms with Gasteiger partial charge in [0.05, 0.1) is 17.9 Å². The van der Waals surface area contributed by atoms with Crippen molar-refractivity contribution in [1.82, 2.24) is 14.8 Å². The summed E-state index contributed by atoms with van der Waals surface area (Å²) in [5, 5.41) is 8.49. The topological polar surface area (TPSA) is 57.0 Å². The molecule has 0 saturated carbocycles. The zero-order chi connectivity index (χ0) is 13.4. The number of aromatic nitrogens is 3. The Balaban J connectivity index is 1.90. The highest BCUT2D eigenvalue weighted by atomic mass is 32.1. The van der Waals surface area contributed by atoms with Gasteiger partial charge in [0.15, 0.2) is 5.82 Å². The van der Waals surface area contributed by atoms with Crippen LogP contribution in [0.2, 0.25) is 0 Å². The van der Waals surface area contributed by atoms with Crippen molar-refractivity contribution in [2.45, 2.75) is 26.3 Å². The third-order valence-electron chi connectivity index (χ3n) is 3.45. The van der Waals surface area contributed by atoms with Gasteiger partial charge >= 0.3 is 5.97 Å². The maximum Gasteiger partial charge on any atom is 0.309 e. The molecule has 0 saturated heterocycles. The molecule has 0 radical (unpaired) electrons. The van der Waals surface area contributed by atoms with Crippen LogP contribution < -0.4 is 0 Å². The lowest BCUT2D eigenvalue weighted by atomic mass is 9.98. The Morgan fingerprint density at radius 3 is 3.00 bits per heavy atom. The van der Waals surface area contributed by atoms with E-state index in [2.05, 4.69) is 33.8 Å². The fourth-order valence-electron chi connectivity index (χ4n) is 2.43. The number of hydrogen-bond donors (Lipinski definition) is 0.